The van der Waals surface area contributed by atoms with E-state index in [-0.39, 0.29) is 23.0 Å². The maximum absolute atomic E-state index is 14.1. The van der Waals surface area contributed by atoms with Crippen molar-refractivity contribution in [3.8, 4) is 5.75 Å². The number of nitrogens with one attached hydrogen (secondary N) is 1. The summed E-state index contributed by atoms with van der Waals surface area (Å²) in [7, 11) is -4.18. The number of ether oxygens (including phenoxy) is 1. The average Bonchev–Trinajstić information content (AvgIpc) is 3.01. The van der Waals surface area contributed by atoms with Gasteiger partial charge in [0.2, 0.25) is 11.8 Å². The van der Waals surface area contributed by atoms with E-state index in [0.717, 1.165) is 27.6 Å². The van der Waals surface area contributed by atoms with Crippen LogP contribution < -0.4 is 14.4 Å². The number of anilines is 1. The third-order valence-electron chi connectivity index (χ3n) is 6.84. The fraction of sp³-hybridized carbons (Fsp3) is 0.375. The first-order valence-electron chi connectivity index (χ1n) is 14.2. The van der Waals surface area contributed by atoms with Crippen molar-refractivity contribution in [2.75, 3.05) is 36.8 Å². The van der Waals surface area contributed by atoms with E-state index >= 15 is 0 Å². The molecule has 0 fully saturated rings. The zero-order chi connectivity index (χ0) is 30.5. The van der Waals surface area contributed by atoms with Crippen molar-refractivity contribution >= 4 is 39.3 Å². The van der Waals surface area contributed by atoms with Gasteiger partial charge < -0.3 is 15.0 Å². The quantitative estimate of drug-likeness (QED) is 0.173. The molecule has 10 heteroatoms. The smallest absolute Gasteiger partial charge is 0.264 e. The number of benzene rings is 3. The first-order valence-corrected chi connectivity index (χ1v) is 16.9. The van der Waals surface area contributed by atoms with E-state index in [1.165, 1.54) is 16.7 Å². The fourth-order valence-corrected chi connectivity index (χ4v) is 6.27. The Hall–Kier alpha value is -3.50. The van der Waals surface area contributed by atoms with Crippen LogP contribution in [0.1, 0.15) is 39.2 Å². The maximum atomic E-state index is 14.1. The first kappa shape index (κ1) is 33.0. The molecular weight excluding hydrogens is 571 g/mol. The van der Waals surface area contributed by atoms with Gasteiger partial charge in [0, 0.05) is 18.0 Å². The Balaban J connectivity index is 2.01. The van der Waals surface area contributed by atoms with Crippen molar-refractivity contribution in [2.24, 2.45) is 0 Å². The molecular formula is C32H41N3O5S2. The highest BCUT2D eigenvalue weighted by molar-refractivity contribution is 7.98. The van der Waals surface area contributed by atoms with Crippen LogP contribution in [-0.2, 0) is 26.0 Å². The highest BCUT2D eigenvalue weighted by Crippen LogP contribution is 2.33. The largest absolute Gasteiger partial charge is 0.492 e. The van der Waals surface area contributed by atoms with E-state index in [4.69, 9.17) is 4.74 Å². The van der Waals surface area contributed by atoms with Gasteiger partial charge in [-0.1, -0.05) is 55.8 Å². The Labute approximate surface area is 254 Å². The van der Waals surface area contributed by atoms with Crippen molar-refractivity contribution in [3.63, 3.8) is 0 Å². The first-order chi connectivity index (χ1) is 20.2. The van der Waals surface area contributed by atoms with Gasteiger partial charge in [-0.2, -0.15) is 0 Å². The molecule has 0 bridgehead atoms. The number of rotatable bonds is 16. The molecule has 8 nitrogen and oxygen atoms in total. The molecule has 0 saturated heterocycles. The molecule has 0 aliphatic heterocycles. The van der Waals surface area contributed by atoms with E-state index in [1.807, 2.05) is 50.4 Å². The van der Waals surface area contributed by atoms with Crippen LogP contribution in [0.5, 0.6) is 5.75 Å². The van der Waals surface area contributed by atoms with Gasteiger partial charge in [-0.15, -0.1) is 11.8 Å². The lowest BCUT2D eigenvalue weighted by atomic mass is 10.1. The monoisotopic (exact) mass is 611 g/mol. The summed E-state index contributed by atoms with van der Waals surface area (Å²) in [5.74, 6) is -0.417. The summed E-state index contributed by atoms with van der Waals surface area (Å²) >= 11 is 1.51. The Bertz CT molecular complexity index is 1400. The summed E-state index contributed by atoms with van der Waals surface area (Å²) in [6.07, 6.45) is 4.18. The number of hydrogen-bond acceptors (Lipinski definition) is 6. The second-order valence-corrected chi connectivity index (χ2v) is 12.5. The summed E-state index contributed by atoms with van der Waals surface area (Å²) in [6.45, 7) is 6.10. The maximum Gasteiger partial charge on any atom is 0.264 e. The second-order valence-electron chi connectivity index (χ2n) is 9.73. The van der Waals surface area contributed by atoms with Gasteiger partial charge in [-0.25, -0.2) is 8.42 Å². The van der Waals surface area contributed by atoms with Gasteiger partial charge in [0.05, 0.1) is 17.2 Å². The van der Waals surface area contributed by atoms with E-state index < -0.39 is 28.5 Å². The third kappa shape index (κ3) is 8.75. The molecule has 0 aromatic heterocycles. The van der Waals surface area contributed by atoms with Crippen LogP contribution in [0.25, 0.3) is 0 Å². The van der Waals surface area contributed by atoms with Gasteiger partial charge in [0.15, 0.2) is 0 Å². The van der Waals surface area contributed by atoms with Gasteiger partial charge in [-0.3, -0.25) is 13.9 Å². The molecule has 3 aromatic rings. The molecule has 0 saturated carbocycles. The van der Waals surface area contributed by atoms with Crippen molar-refractivity contribution in [1.29, 1.82) is 0 Å². The van der Waals surface area contributed by atoms with Crippen molar-refractivity contribution in [1.82, 2.24) is 10.2 Å². The minimum atomic E-state index is -4.18. The summed E-state index contributed by atoms with van der Waals surface area (Å²) in [5.41, 5.74) is 1.26. The number of carbonyl (C=O) groups excluding carboxylic acids is 2. The van der Waals surface area contributed by atoms with Gasteiger partial charge in [0.1, 0.15) is 18.3 Å². The molecule has 42 heavy (non-hydrogen) atoms. The predicted molar refractivity (Wildman–Crippen MR) is 170 cm³/mol. The SMILES string of the molecule is CCCCNC(=O)[C@@H](C)N(CCc1ccccc1)C(=O)CN(c1ccccc1OCC)S(=O)(=O)c1ccc(SC)cc1. The number of thioether (sulfide) groups is 1. The molecule has 2 amide bonds. The molecule has 1 N–H and O–H groups in total. The van der Waals surface area contributed by atoms with Crippen LogP contribution in [0.15, 0.2) is 88.7 Å². The summed E-state index contributed by atoms with van der Waals surface area (Å²) in [6, 6.07) is 22.2. The lowest BCUT2D eigenvalue weighted by Crippen LogP contribution is -2.52. The van der Waals surface area contributed by atoms with Crippen LogP contribution in [-0.4, -0.2) is 63.7 Å². The molecule has 0 heterocycles. The van der Waals surface area contributed by atoms with Crippen LogP contribution in [0.2, 0.25) is 0 Å². The number of sulfonamides is 1. The number of unbranched alkanes of at least 4 members (excludes halogenated alkanes) is 1. The highest BCUT2D eigenvalue weighted by atomic mass is 32.2. The minimum absolute atomic E-state index is 0.0561. The third-order valence-corrected chi connectivity index (χ3v) is 9.36. The summed E-state index contributed by atoms with van der Waals surface area (Å²) in [4.78, 5) is 29.6. The molecule has 3 rings (SSSR count). The molecule has 3 aromatic carbocycles. The fourth-order valence-electron chi connectivity index (χ4n) is 4.44. The normalized spacial score (nSPS) is 11.9. The van der Waals surface area contributed by atoms with Crippen LogP contribution in [0, 0.1) is 0 Å². The molecule has 0 aliphatic rings. The van der Waals surface area contributed by atoms with Gasteiger partial charge in [-0.05, 0) is 74.9 Å². The van der Waals surface area contributed by atoms with Gasteiger partial charge >= 0.3 is 0 Å². The molecule has 1 atom stereocenters. The Morgan fingerprint density at radius 3 is 2.26 bits per heavy atom. The summed E-state index contributed by atoms with van der Waals surface area (Å²) in [5, 5.41) is 2.91. The number of para-hydroxylation sites is 2. The van der Waals surface area contributed by atoms with E-state index in [0.29, 0.717) is 25.3 Å². The minimum Gasteiger partial charge on any atom is -0.492 e. The number of nitrogens with zero attached hydrogens (tertiary/aromatic N) is 2. The summed E-state index contributed by atoms with van der Waals surface area (Å²) < 4.78 is 35.1. The van der Waals surface area contributed by atoms with E-state index in [9.17, 15) is 18.0 Å². The van der Waals surface area contributed by atoms with Crippen LogP contribution in [0.4, 0.5) is 5.69 Å². The lowest BCUT2D eigenvalue weighted by molar-refractivity contribution is -0.138. The molecule has 0 aliphatic carbocycles. The Morgan fingerprint density at radius 2 is 1.62 bits per heavy atom. The zero-order valence-electron chi connectivity index (χ0n) is 24.8. The standard InChI is InChI=1S/C32H41N3O5S2/c1-5-7-22-33-32(37)25(3)34(23-21-26-13-9-8-10-14-26)31(36)24-35(29-15-11-12-16-30(29)40-6-2)42(38,39)28-19-17-27(41-4)18-20-28/h8-20,25H,5-7,21-24H2,1-4H3,(H,33,37)/t25-/m1/s1. The number of hydrogen-bond donors (Lipinski definition) is 1. The zero-order valence-corrected chi connectivity index (χ0v) is 26.4. The van der Waals surface area contributed by atoms with Gasteiger partial charge in [0.25, 0.3) is 10.0 Å². The van der Waals surface area contributed by atoms with Crippen molar-refractivity contribution in [3.05, 3.63) is 84.4 Å². The number of carbonyl (C=O) groups is 2. The molecule has 0 unspecified atom stereocenters. The van der Waals surface area contributed by atoms with Crippen LogP contribution in [0.3, 0.4) is 0 Å². The predicted octanol–water partition coefficient (Wildman–Crippen LogP) is 5.38. The van der Waals surface area contributed by atoms with Crippen LogP contribution >= 0.6 is 11.8 Å². The van der Waals surface area contributed by atoms with Crippen molar-refractivity contribution in [2.45, 2.75) is 55.9 Å². The molecule has 0 spiro atoms. The highest BCUT2D eigenvalue weighted by Gasteiger charge is 2.33. The van der Waals surface area contributed by atoms with E-state index in [1.54, 1.807) is 55.5 Å². The Kier molecular flexibility index (Phi) is 12.7. The van der Waals surface area contributed by atoms with Crippen molar-refractivity contribution < 1.29 is 22.7 Å². The lowest BCUT2D eigenvalue weighted by Gasteiger charge is -2.32. The topological polar surface area (TPSA) is 96.0 Å². The Morgan fingerprint density at radius 1 is 0.952 bits per heavy atom. The molecule has 226 valence electrons. The molecule has 0 radical (unpaired) electrons. The average molecular weight is 612 g/mol. The second kappa shape index (κ2) is 16.2. The number of amides is 2. The van der Waals surface area contributed by atoms with E-state index in [2.05, 4.69) is 5.32 Å².